The van der Waals surface area contributed by atoms with E-state index in [9.17, 15) is 0 Å². The summed E-state index contributed by atoms with van der Waals surface area (Å²) in [5, 5.41) is 7.09. The Morgan fingerprint density at radius 2 is 2.05 bits per heavy atom. The van der Waals surface area contributed by atoms with Crippen LogP contribution in [0.5, 0.6) is 0 Å². The van der Waals surface area contributed by atoms with Crippen LogP contribution in [0.2, 0.25) is 0 Å². The van der Waals surface area contributed by atoms with Gasteiger partial charge in [0, 0.05) is 27.6 Å². The Kier molecular flexibility index (Phi) is 7.30. The van der Waals surface area contributed by atoms with Crippen LogP contribution in [0.1, 0.15) is 22.8 Å². The van der Waals surface area contributed by atoms with Crippen molar-refractivity contribution in [2.24, 2.45) is 4.99 Å². The van der Waals surface area contributed by atoms with E-state index in [-0.39, 0.29) is 24.0 Å². The number of hydrogen-bond donors (Lipinski definition) is 1. The number of hydrogen-bond acceptors (Lipinski definition) is 4. The Balaban J connectivity index is 0.00000242. The molecule has 0 saturated heterocycles. The third kappa shape index (κ3) is 4.97. The van der Waals surface area contributed by atoms with Crippen molar-refractivity contribution in [3.05, 3.63) is 47.1 Å². The van der Waals surface area contributed by atoms with Crippen molar-refractivity contribution >= 4 is 29.9 Å². The molecular formula is C15H22IN5O. The van der Waals surface area contributed by atoms with Gasteiger partial charge in [-0.3, -0.25) is 4.99 Å². The quantitative estimate of drug-likeness (QED) is 0.472. The molecule has 0 aliphatic rings. The number of guanidine groups is 1. The fourth-order valence-corrected chi connectivity index (χ4v) is 2.07. The van der Waals surface area contributed by atoms with Crippen molar-refractivity contribution in [2.45, 2.75) is 26.9 Å². The zero-order chi connectivity index (χ0) is 15.2. The topological polar surface area (TPSA) is 66.5 Å². The summed E-state index contributed by atoms with van der Waals surface area (Å²) >= 11 is 0. The van der Waals surface area contributed by atoms with E-state index in [4.69, 9.17) is 4.52 Å². The average Bonchev–Trinajstić information content (AvgIpc) is 2.88. The Bertz CT molecular complexity index is 626. The average molecular weight is 415 g/mol. The first-order valence-corrected chi connectivity index (χ1v) is 6.85. The van der Waals surface area contributed by atoms with E-state index in [0.29, 0.717) is 18.3 Å². The third-order valence-electron chi connectivity index (χ3n) is 3.22. The summed E-state index contributed by atoms with van der Waals surface area (Å²) in [6, 6.07) is 8.34. The Labute approximate surface area is 148 Å². The second-order valence-corrected chi connectivity index (χ2v) is 4.91. The minimum absolute atomic E-state index is 0. The maximum absolute atomic E-state index is 4.95. The van der Waals surface area contributed by atoms with Gasteiger partial charge in [-0.05, 0) is 18.1 Å². The van der Waals surface area contributed by atoms with Gasteiger partial charge in [-0.2, -0.15) is 4.98 Å². The van der Waals surface area contributed by atoms with Crippen LogP contribution >= 0.6 is 24.0 Å². The molecule has 6 nitrogen and oxygen atoms in total. The van der Waals surface area contributed by atoms with Crippen molar-refractivity contribution in [2.75, 3.05) is 14.1 Å². The van der Waals surface area contributed by atoms with E-state index in [1.807, 2.05) is 13.1 Å². The monoisotopic (exact) mass is 415 g/mol. The largest absolute Gasteiger partial charge is 0.349 e. The van der Waals surface area contributed by atoms with Gasteiger partial charge in [-0.1, -0.05) is 29.4 Å². The first-order valence-electron chi connectivity index (χ1n) is 6.85. The first-order chi connectivity index (χ1) is 10.1. The molecular weight excluding hydrogens is 393 g/mol. The van der Waals surface area contributed by atoms with E-state index in [2.05, 4.69) is 50.5 Å². The van der Waals surface area contributed by atoms with Crippen molar-refractivity contribution in [3.63, 3.8) is 0 Å². The number of halogens is 1. The highest BCUT2D eigenvalue weighted by Crippen LogP contribution is 2.09. The minimum Gasteiger partial charge on any atom is -0.349 e. The molecule has 0 saturated carbocycles. The number of rotatable bonds is 4. The van der Waals surface area contributed by atoms with Crippen LogP contribution in [0.25, 0.3) is 0 Å². The van der Waals surface area contributed by atoms with Crippen LogP contribution in [0, 0.1) is 13.8 Å². The number of benzene rings is 1. The molecule has 22 heavy (non-hydrogen) atoms. The standard InChI is InChI=1S/C15H21N5O.HI/c1-11-7-5-6-8-13(11)10-20(4)15(16-3)17-9-14-18-12(2)21-19-14;/h5-8H,9-10H2,1-4H3,(H,16,17);1H. The molecule has 2 aromatic rings. The Hall–Kier alpha value is -1.64. The Morgan fingerprint density at radius 1 is 1.32 bits per heavy atom. The van der Waals surface area contributed by atoms with Crippen molar-refractivity contribution in [1.82, 2.24) is 20.4 Å². The first kappa shape index (κ1) is 18.4. The molecule has 0 aliphatic heterocycles. The second kappa shape index (κ2) is 8.72. The highest BCUT2D eigenvalue weighted by Gasteiger charge is 2.09. The lowest BCUT2D eigenvalue weighted by atomic mass is 10.1. The molecule has 120 valence electrons. The smallest absolute Gasteiger partial charge is 0.223 e. The summed E-state index contributed by atoms with van der Waals surface area (Å²) in [5.74, 6) is 1.98. The molecule has 0 fully saturated rings. The molecule has 0 amide bonds. The molecule has 0 spiro atoms. The van der Waals surface area contributed by atoms with Crippen molar-refractivity contribution in [3.8, 4) is 0 Å². The maximum Gasteiger partial charge on any atom is 0.223 e. The second-order valence-electron chi connectivity index (χ2n) is 4.91. The minimum atomic E-state index is 0. The summed E-state index contributed by atoms with van der Waals surface area (Å²) in [5.41, 5.74) is 2.55. The van der Waals surface area contributed by atoms with Crippen LogP contribution < -0.4 is 5.32 Å². The fraction of sp³-hybridized carbons (Fsp3) is 0.400. The van der Waals surface area contributed by atoms with Crippen LogP contribution in [0.15, 0.2) is 33.8 Å². The van der Waals surface area contributed by atoms with E-state index in [0.717, 1.165) is 12.5 Å². The number of nitrogens with zero attached hydrogens (tertiary/aromatic N) is 4. The van der Waals surface area contributed by atoms with Crippen LogP contribution in [0.3, 0.4) is 0 Å². The Morgan fingerprint density at radius 3 is 2.64 bits per heavy atom. The lowest BCUT2D eigenvalue weighted by Crippen LogP contribution is -2.38. The third-order valence-corrected chi connectivity index (χ3v) is 3.22. The predicted molar refractivity (Wildman–Crippen MR) is 97.3 cm³/mol. The highest BCUT2D eigenvalue weighted by molar-refractivity contribution is 14.0. The zero-order valence-corrected chi connectivity index (χ0v) is 15.7. The predicted octanol–water partition coefficient (Wildman–Crippen LogP) is 2.51. The van der Waals surface area contributed by atoms with Crippen LogP contribution in [0.4, 0.5) is 0 Å². The molecule has 1 heterocycles. The lowest BCUT2D eigenvalue weighted by molar-refractivity contribution is 0.386. The van der Waals surface area contributed by atoms with Gasteiger partial charge < -0.3 is 14.7 Å². The van der Waals surface area contributed by atoms with E-state index >= 15 is 0 Å². The summed E-state index contributed by atoms with van der Waals surface area (Å²) < 4.78 is 4.95. The van der Waals surface area contributed by atoms with Crippen molar-refractivity contribution < 1.29 is 4.52 Å². The summed E-state index contributed by atoms with van der Waals surface area (Å²) in [6.07, 6.45) is 0. The number of nitrogens with one attached hydrogen (secondary N) is 1. The van der Waals surface area contributed by atoms with Gasteiger partial charge in [0.15, 0.2) is 11.8 Å². The number of aliphatic imine (C=N–C) groups is 1. The SMILES string of the molecule is CN=C(NCc1noc(C)n1)N(C)Cc1ccccc1C.I. The van der Waals surface area contributed by atoms with Crippen LogP contribution in [-0.2, 0) is 13.1 Å². The molecule has 1 aromatic carbocycles. The molecule has 0 atom stereocenters. The van der Waals surface area contributed by atoms with E-state index in [1.165, 1.54) is 11.1 Å². The summed E-state index contributed by atoms with van der Waals surface area (Å²) in [7, 11) is 3.77. The molecule has 0 unspecified atom stereocenters. The summed E-state index contributed by atoms with van der Waals surface area (Å²) in [4.78, 5) is 10.5. The van der Waals surface area contributed by atoms with Gasteiger partial charge in [0.1, 0.15) is 0 Å². The molecule has 1 N–H and O–H groups in total. The zero-order valence-electron chi connectivity index (χ0n) is 13.3. The highest BCUT2D eigenvalue weighted by atomic mass is 127. The normalized spacial score (nSPS) is 11.0. The van der Waals surface area contributed by atoms with E-state index < -0.39 is 0 Å². The van der Waals surface area contributed by atoms with Gasteiger partial charge in [0.2, 0.25) is 5.89 Å². The van der Waals surface area contributed by atoms with Gasteiger partial charge in [-0.25, -0.2) is 0 Å². The van der Waals surface area contributed by atoms with Gasteiger partial charge in [0.05, 0.1) is 6.54 Å². The maximum atomic E-state index is 4.95. The van der Waals surface area contributed by atoms with Gasteiger partial charge in [-0.15, -0.1) is 24.0 Å². The molecule has 2 rings (SSSR count). The molecule has 7 heteroatoms. The van der Waals surface area contributed by atoms with E-state index in [1.54, 1.807) is 14.0 Å². The molecule has 0 aliphatic carbocycles. The van der Waals surface area contributed by atoms with Gasteiger partial charge in [0.25, 0.3) is 0 Å². The fourth-order valence-electron chi connectivity index (χ4n) is 2.07. The molecule has 0 radical (unpaired) electrons. The lowest BCUT2D eigenvalue weighted by Gasteiger charge is -2.22. The molecule has 0 bridgehead atoms. The number of aryl methyl sites for hydroxylation is 2. The summed E-state index contributed by atoms with van der Waals surface area (Å²) in [6.45, 7) is 5.16. The van der Waals surface area contributed by atoms with Crippen molar-refractivity contribution in [1.29, 1.82) is 0 Å². The van der Waals surface area contributed by atoms with Gasteiger partial charge >= 0.3 is 0 Å². The number of aromatic nitrogens is 2. The molecule has 1 aromatic heterocycles. The van der Waals surface area contributed by atoms with Crippen LogP contribution in [-0.4, -0.2) is 35.1 Å².